The van der Waals surface area contributed by atoms with Gasteiger partial charge < -0.3 is 9.15 Å². The molecule has 0 amide bonds. The summed E-state index contributed by atoms with van der Waals surface area (Å²) in [5, 5.41) is 6.91. The number of alkyl halides is 2. The van der Waals surface area contributed by atoms with Crippen molar-refractivity contribution in [3.63, 3.8) is 0 Å². The molecule has 28 heavy (non-hydrogen) atoms. The average Bonchev–Trinajstić information content (AvgIpc) is 3.24. The predicted molar refractivity (Wildman–Crippen MR) is 98.7 cm³/mol. The molecular weight excluding hydrogens is 364 g/mol. The largest absolute Gasteiger partial charge is 0.487 e. The summed E-state index contributed by atoms with van der Waals surface area (Å²) in [5.41, 5.74) is 3.32. The highest BCUT2D eigenvalue weighted by Crippen LogP contribution is 2.25. The molecule has 0 bridgehead atoms. The Balaban J connectivity index is 1.43. The van der Waals surface area contributed by atoms with E-state index in [1.165, 1.54) is 6.20 Å². The molecule has 0 fully saturated rings. The van der Waals surface area contributed by atoms with Crippen LogP contribution in [0, 0.1) is 0 Å². The van der Waals surface area contributed by atoms with Crippen LogP contribution in [0.5, 0.6) is 5.75 Å². The molecule has 7 heteroatoms. The third-order valence-corrected chi connectivity index (χ3v) is 4.03. The number of halogens is 2. The Bertz CT molecular complexity index is 1050. The zero-order valence-electron chi connectivity index (χ0n) is 14.6. The van der Waals surface area contributed by atoms with Crippen LogP contribution < -0.4 is 4.74 Å². The van der Waals surface area contributed by atoms with Crippen molar-refractivity contribution in [1.29, 1.82) is 0 Å². The lowest BCUT2D eigenvalue weighted by Crippen LogP contribution is -1.98. The fourth-order valence-corrected chi connectivity index (χ4v) is 2.63. The third-order valence-electron chi connectivity index (χ3n) is 4.03. The van der Waals surface area contributed by atoms with Gasteiger partial charge in [-0.15, -0.1) is 10.2 Å². The summed E-state index contributed by atoms with van der Waals surface area (Å²) in [6.45, 7) is 0.268. The Kier molecular flexibility index (Phi) is 5.05. The van der Waals surface area contributed by atoms with Gasteiger partial charge in [-0.25, -0.2) is 0 Å². The molecule has 5 nitrogen and oxygen atoms in total. The molecule has 0 radical (unpaired) electrons. The molecule has 0 aliphatic heterocycles. The molecule has 0 saturated heterocycles. The van der Waals surface area contributed by atoms with E-state index in [0.29, 0.717) is 11.3 Å². The van der Waals surface area contributed by atoms with E-state index in [0.717, 1.165) is 16.9 Å². The molecule has 2 heterocycles. The maximum atomic E-state index is 12.5. The van der Waals surface area contributed by atoms with E-state index in [1.807, 2.05) is 54.6 Å². The molecule has 0 spiro atoms. The summed E-state index contributed by atoms with van der Waals surface area (Å²) in [4.78, 5) is 4.26. The molecule has 0 aliphatic carbocycles. The number of aromatic nitrogens is 3. The number of nitrogens with zero attached hydrogens (tertiary/aromatic N) is 3. The van der Waals surface area contributed by atoms with Crippen LogP contribution in [0.25, 0.3) is 22.6 Å². The van der Waals surface area contributed by atoms with Crippen molar-refractivity contribution in [2.75, 3.05) is 0 Å². The lowest BCUT2D eigenvalue weighted by molar-refractivity contribution is 0.116. The van der Waals surface area contributed by atoms with Crippen molar-refractivity contribution in [3.05, 3.63) is 84.5 Å². The molecule has 0 saturated carbocycles. The first-order valence-electron chi connectivity index (χ1n) is 8.54. The molecule has 0 unspecified atom stereocenters. The molecule has 2 aromatic carbocycles. The number of benzene rings is 2. The summed E-state index contributed by atoms with van der Waals surface area (Å²) in [6, 6.07) is 21.2. The van der Waals surface area contributed by atoms with Gasteiger partial charge in [0.1, 0.15) is 12.4 Å². The van der Waals surface area contributed by atoms with Gasteiger partial charge in [-0.1, -0.05) is 42.5 Å². The van der Waals surface area contributed by atoms with E-state index >= 15 is 0 Å². The van der Waals surface area contributed by atoms with Crippen molar-refractivity contribution in [3.8, 4) is 28.3 Å². The Morgan fingerprint density at radius 2 is 1.68 bits per heavy atom. The van der Waals surface area contributed by atoms with Crippen LogP contribution in [0.3, 0.4) is 0 Å². The van der Waals surface area contributed by atoms with Crippen LogP contribution in [0.15, 0.2) is 77.3 Å². The zero-order chi connectivity index (χ0) is 19.3. The maximum absolute atomic E-state index is 12.5. The number of hydrogen-bond acceptors (Lipinski definition) is 5. The quantitative estimate of drug-likeness (QED) is 0.454. The summed E-state index contributed by atoms with van der Waals surface area (Å²) < 4.78 is 35.8. The first-order valence-corrected chi connectivity index (χ1v) is 8.54. The van der Waals surface area contributed by atoms with Gasteiger partial charge in [0.05, 0.1) is 11.3 Å². The van der Waals surface area contributed by atoms with Crippen LogP contribution >= 0.6 is 0 Å². The van der Waals surface area contributed by atoms with Gasteiger partial charge in [-0.3, -0.25) is 4.98 Å². The standard InChI is InChI=1S/C21H15F2N3O2/c22-19(23)21-26-25-20(28-21)16-9-10-17(24-12-16)13-27-18-8-4-7-15(11-18)14-5-2-1-3-6-14/h1-12,19H,13H2. The van der Waals surface area contributed by atoms with Gasteiger partial charge in [-0.2, -0.15) is 8.78 Å². The highest BCUT2D eigenvalue weighted by Gasteiger charge is 2.17. The van der Waals surface area contributed by atoms with E-state index in [9.17, 15) is 8.78 Å². The molecule has 0 aliphatic rings. The Morgan fingerprint density at radius 1 is 0.857 bits per heavy atom. The number of pyridine rings is 1. The van der Waals surface area contributed by atoms with Crippen molar-refractivity contribution in [1.82, 2.24) is 15.2 Å². The van der Waals surface area contributed by atoms with E-state index in [2.05, 4.69) is 15.2 Å². The average molecular weight is 379 g/mol. The summed E-state index contributed by atoms with van der Waals surface area (Å²) in [7, 11) is 0. The van der Waals surface area contributed by atoms with Crippen molar-refractivity contribution < 1.29 is 17.9 Å². The lowest BCUT2D eigenvalue weighted by atomic mass is 10.1. The first kappa shape index (κ1) is 17.8. The topological polar surface area (TPSA) is 61.0 Å². The molecular formula is C21H15F2N3O2. The van der Waals surface area contributed by atoms with Crippen LogP contribution in [0.4, 0.5) is 8.78 Å². The molecule has 0 N–H and O–H groups in total. The first-order chi connectivity index (χ1) is 13.7. The maximum Gasteiger partial charge on any atom is 0.314 e. The predicted octanol–water partition coefficient (Wildman–Crippen LogP) is 5.32. The minimum absolute atomic E-state index is 0.00540. The van der Waals surface area contributed by atoms with Gasteiger partial charge in [-0.05, 0) is 35.4 Å². The van der Waals surface area contributed by atoms with E-state index in [4.69, 9.17) is 9.15 Å². The Labute approximate surface area is 159 Å². The van der Waals surface area contributed by atoms with E-state index in [1.54, 1.807) is 12.1 Å². The van der Waals surface area contributed by atoms with Gasteiger partial charge in [0, 0.05) is 6.20 Å². The van der Waals surface area contributed by atoms with Crippen LogP contribution in [-0.2, 0) is 6.61 Å². The molecule has 140 valence electrons. The number of rotatable bonds is 6. The molecule has 4 rings (SSSR count). The lowest BCUT2D eigenvalue weighted by Gasteiger charge is -2.08. The molecule has 0 atom stereocenters. The Morgan fingerprint density at radius 3 is 2.39 bits per heavy atom. The fourth-order valence-electron chi connectivity index (χ4n) is 2.63. The van der Waals surface area contributed by atoms with Gasteiger partial charge in [0.25, 0.3) is 5.89 Å². The van der Waals surface area contributed by atoms with Gasteiger partial charge in [0.15, 0.2) is 0 Å². The van der Waals surface area contributed by atoms with Crippen molar-refractivity contribution in [2.24, 2.45) is 0 Å². The van der Waals surface area contributed by atoms with Gasteiger partial charge >= 0.3 is 6.43 Å². The second-order valence-corrected chi connectivity index (χ2v) is 5.97. The summed E-state index contributed by atoms with van der Waals surface area (Å²) in [6.07, 6.45) is -1.31. The van der Waals surface area contributed by atoms with Crippen LogP contribution in [-0.4, -0.2) is 15.2 Å². The minimum Gasteiger partial charge on any atom is -0.487 e. The molecule has 4 aromatic rings. The van der Waals surface area contributed by atoms with Crippen LogP contribution in [0.2, 0.25) is 0 Å². The second-order valence-electron chi connectivity index (χ2n) is 5.97. The van der Waals surface area contributed by atoms with E-state index in [-0.39, 0.29) is 12.5 Å². The van der Waals surface area contributed by atoms with Crippen molar-refractivity contribution >= 4 is 0 Å². The van der Waals surface area contributed by atoms with E-state index < -0.39 is 12.3 Å². The summed E-state index contributed by atoms with van der Waals surface area (Å²) >= 11 is 0. The normalized spacial score (nSPS) is 11.0. The highest BCUT2D eigenvalue weighted by molar-refractivity contribution is 5.64. The SMILES string of the molecule is FC(F)c1nnc(-c2ccc(COc3cccc(-c4ccccc4)c3)nc2)o1. The third kappa shape index (κ3) is 4.03. The minimum atomic E-state index is -2.80. The van der Waals surface area contributed by atoms with Crippen molar-refractivity contribution in [2.45, 2.75) is 13.0 Å². The Hall–Kier alpha value is -3.61. The van der Waals surface area contributed by atoms with Crippen LogP contribution in [0.1, 0.15) is 18.0 Å². The smallest absolute Gasteiger partial charge is 0.314 e. The second kappa shape index (κ2) is 7.96. The number of hydrogen-bond donors (Lipinski definition) is 0. The monoisotopic (exact) mass is 379 g/mol. The number of ether oxygens (including phenoxy) is 1. The summed E-state index contributed by atoms with van der Waals surface area (Å²) in [5.74, 6) is 0.0252. The molecule has 2 aromatic heterocycles. The highest BCUT2D eigenvalue weighted by atomic mass is 19.3. The zero-order valence-corrected chi connectivity index (χ0v) is 14.6. The van der Waals surface area contributed by atoms with Gasteiger partial charge in [0.2, 0.25) is 5.89 Å². The fraction of sp³-hybridized carbons (Fsp3) is 0.0952.